The lowest BCUT2D eigenvalue weighted by atomic mass is 10.3. The minimum Gasteiger partial charge on any atom is -0.325 e. The fourth-order valence-corrected chi connectivity index (χ4v) is 0.985. The van der Waals surface area contributed by atoms with Crippen molar-refractivity contribution >= 4 is 23.2 Å². The summed E-state index contributed by atoms with van der Waals surface area (Å²) < 4.78 is 13.0. The van der Waals surface area contributed by atoms with Crippen molar-refractivity contribution in [3.8, 4) is 0 Å². The van der Waals surface area contributed by atoms with Crippen LogP contribution in [-0.4, -0.2) is 13.0 Å². The van der Waals surface area contributed by atoms with Gasteiger partial charge in [-0.05, 0) is 18.2 Å². The van der Waals surface area contributed by atoms with Crippen LogP contribution in [0.5, 0.6) is 0 Å². The first-order chi connectivity index (χ1) is 6.67. The highest BCUT2D eigenvalue weighted by Crippen LogP contribution is 2.18. The number of hydrazine groups is 1. The molecule has 0 aliphatic heterocycles. The first-order valence-electron chi connectivity index (χ1n) is 3.83. The molecule has 4 N–H and O–H groups in total. The highest BCUT2D eigenvalue weighted by molar-refractivity contribution is 6.30. The lowest BCUT2D eigenvalue weighted by Gasteiger charge is -2.08. The Labute approximate surface area is 85.9 Å². The lowest BCUT2D eigenvalue weighted by molar-refractivity contribution is 0.629. The molecule has 14 heavy (non-hydrogen) atoms. The highest BCUT2D eigenvalue weighted by atomic mass is 35.5. The molecule has 0 saturated carbocycles. The first kappa shape index (κ1) is 10.7. The van der Waals surface area contributed by atoms with Gasteiger partial charge in [-0.3, -0.25) is 10.4 Å². The molecule has 0 spiro atoms. The van der Waals surface area contributed by atoms with Crippen LogP contribution in [0.2, 0.25) is 5.02 Å². The van der Waals surface area contributed by atoms with Gasteiger partial charge < -0.3 is 5.32 Å². The summed E-state index contributed by atoms with van der Waals surface area (Å²) in [6.45, 7) is 0. The molecule has 1 aromatic rings. The third-order valence-corrected chi connectivity index (χ3v) is 1.85. The van der Waals surface area contributed by atoms with E-state index in [2.05, 4.69) is 15.7 Å². The predicted molar refractivity (Wildman–Crippen MR) is 55.7 cm³/mol. The van der Waals surface area contributed by atoms with E-state index in [1.807, 2.05) is 0 Å². The number of nitrogens with one attached hydrogen (secondary N) is 2. The molecule has 4 nitrogen and oxygen atoms in total. The largest absolute Gasteiger partial charge is 0.325 e. The van der Waals surface area contributed by atoms with Crippen molar-refractivity contribution in [1.29, 1.82) is 0 Å². The van der Waals surface area contributed by atoms with Crippen LogP contribution >= 0.6 is 11.6 Å². The quantitative estimate of drug-likeness (QED) is 0.287. The van der Waals surface area contributed by atoms with Gasteiger partial charge in [0.2, 0.25) is 5.96 Å². The summed E-state index contributed by atoms with van der Waals surface area (Å²) in [7, 11) is 1.55. The van der Waals surface area contributed by atoms with Gasteiger partial charge in [-0.15, -0.1) is 0 Å². The van der Waals surface area contributed by atoms with Gasteiger partial charge >= 0.3 is 0 Å². The van der Waals surface area contributed by atoms with Crippen molar-refractivity contribution in [2.45, 2.75) is 0 Å². The number of rotatable bonds is 1. The molecule has 0 heterocycles. The van der Waals surface area contributed by atoms with Crippen molar-refractivity contribution in [3.63, 3.8) is 0 Å². The van der Waals surface area contributed by atoms with E-state index >= 15 is 0 Å². The second-order valence-electron chi connectivity index (χ2n) is 2.47. The number of nitrogens with two attached hydrogens (primary N) is 1. The monoisotopic (exact) mass is 216 g/mol. The zero-order valence-corrected chi connectivity index (χ0v) is 8.27. The molecule has 0 aromatic heterocycles. The summed E-state index contributed by atoms with van der Waals surface area (Å²) in [5, 5.41) is 2.84. The molecule has 0 saturated heterocycles. The van der Waals surface area contributed by atoms with Crippen molar-refractivity contribution in [1.82, 2.24) is 5.43 Å². The maximum Gasteiger partial charge on any atom is 0.209 e. The van der Waals surface area contributed by atoms with Crippen LogP contribution in [0.1, 0.15) is 0 Å². The number of aliphatic imine (C=N–C) groups is 1. The normalized spacial score (nSPS) is 11.3. The zero-order valence-electron chi connectivity index (χ0n) is 7.51. The van der Waals surface area contributed by atoms with Crippen LogP contribution in [-0.2, 0) is 0 Å². The zero-order chi connectivity index (χ0) is 10.6. The van der Waals surface area contributed by atoms with Crippen molar-refractivity contribution in [2.24, 2.45) is 10.8 Å². The molecule has 0 aliphatic rings. The SMILES string of the molecule is CN=C(NN)Nc1ccc(Cl)c(F)c1. The van der Waals surface area contributed by atoms with E-state index in [0.717, 1.165) is 0 Å². The molecule has 0 atom stereocenters. The Balaban J connectivity index is 2.82. The Morgan fingerprint density at radius 2 is 2.29 bits per heavy atom. The molecule has 0 bridgehead atoms. The Hall–Kier alpha value is -1.33. The fraction of sp³-hybridized carbons (Fsp3) is 0.125. The highest BCUT2D eigenvalue weighted by Gasteiger charge is 2.01. The lowest BCUT2D eigenvalue weighted by Crippen LogP contribution is -2.36. The number of hydrogen-bond donors (Lipinski definition) is 3. The van der Waals surface area contributed by atoms with Gasteiger partial charge in [0.15, 0.2) is 0 Å². The van der Waals surface area contributed by atoms with Crippen molar-refractivity contribution in [3.05, 3.63) is 29.0 Å². The number of hydrogen-bond acceptors (Lipinski definition) is 2. The second kappa shape index (κ2) is 4.78. The Kier molecular flexibility index (Phi) is 3.67. The molecule has 1 aromatic carbocycles. The van der Waals surface area contributed by atoms with Crippen LogP contribution in [0.15, 0.2) is 23.2 Å². The number of halogens is 2. The third-order valence-electron chi connectivity index (χ3n) is 1.54. The summed E-state index contributed by atoms with van der Waals surface area (Å²) in [5.74, 6) is 4.98. The maximum atomic E-state index is 13.0. The fourth-order valence-electron chi connectivity index (χ4n) is 0.867. The van der Waals surface area contributed by atoms with Gasteiger partial charge in [-0.25, -0.2) is 10.2 Å². The van der Waals surface area contributed by atoms with E-state index in [1.165, 1.54) is 12.1 Å². The predicted octanol–water partition coefficient (Wildman–Crippen LogP) is 1.34. The van der Waals surface area contributed by atoms with E-state index in [9.17, 15) is 4.39 Å². The number of benzene rings is 1. The average molecular weight is 217 g/mol. The number of guanidine groups is 1. The minimum atomic E-state index is -0.496. The van der Waals surface area contributed by atoms with Crippen molar-refractivity contribution < 1.29 is 4.39 Å². The topological polar surface area (TPSA) is 62.4 Å². The Morgan fingerprint density at radius 3 is 2.79 bits per heavy atom. The minimum absolute atomic E-state index is 0.0752. The van der Waals surface area contributed by atoms with Crippen LogP contribution < -0.4 is 16.6 Å². The van der Waals surface area contributed by atoms with Gasteiger partial charge in [0.05, 0.1) is 5.02 Å². The van der Waals surface area contributed by atoms with E-state index in [-0.39, 0.29) is 5.02 Å². The van der Waals surface area contributed by atoms with Crippen LogP contribution in [0.25, 0.3) is 0 Å². The van der Waals surface area contributed by atoms with Gasteiger partial charge in [-0.1, -0.05) is 11.6 Å². The molecular formula is C8H10ClFN4. The van der Waals surface area contributed by atoms with Gasteiger partial charge in [0.1, 0.15) is 5.82 Å². The Morgan fingerprint density at radius 1 is 1.57 bits per heavy atom. The van der Waals surface area contributed by atoms with E-state index in [0.29, 0.717) is 11.6 Å². The summed E-state index contributed by atoms with van der Waals surface area (Å²) in [4.78, 5) is 3.77. The first-order valence-corrected chi connectivity index (χ1v) is 4.20. The van der Waals surface area contributed by atoms with Crippen molar-refractivity contribution in [2.75, 3.05) is 12.4 Å². The summed E-state index contributed by atoms with van der Waals surface area (Å²) in [6.07, 6.45) is 0. The molecule has 0 fully saturated rings. The molecule has 0 unspecified atom stereocenters. The van der Waals surface area contributed by atoms with Crippen LogP contribution in [0, 0.1) is 5.82 Å². The molecule has 0 aliphatic carbocycles. The molecule has 76 valence electrons. The maximum absolute atomic E-state index is 13.0. The van der Waals surface area contributed by atoms with Gasteiger partial charge in [0, 0.05) is 12.7 Å². The molecule has 0 amide bonds. The standard InChI is InChI=1S/C8H10ClFN4/c1-12-8(14-11)13-5-2-3-6(9)7(10)4-5/h2-4H,11H2,1H3,(H2,12,13,14). The molecule has 6 heteroatoms. The second-order valence-corrected chi connectivity index (χ2v) is 2.88. The Bertz CT molecular complexity index is 353. The van der Waals surface area contributed by atoms with Gasteiger partial charge in [0.25, 0.3) is 0 Å². The summed E-state index contributed by atoms with van der Waals surface area (Å²) in [5.41, 5.74) is 2.84. The summed E-state index contributed by atoms with van der Waals surface area (Å²) in [6, 6.07) is 4.32. The van der Waals surface area contributed by atoms with E-state index < -0.39 is 5.82 Å². The number of nitrogens with zero attached hydrogens (tertiary/aromatic N) is 1. The van der Waals surface area contributed by atoms with Gasteiger partial charge in [-0.2, -0.15) is 0 Å². The molecule has 0 radical (unpaired) electrons. The summed E-state index contributed by atoms with van der Waals surface area (Å²) >= 11 is 5.51. The molecular weight excluding hydrogens is 207 g/mol. The van der Waals surface area contributed by atoms with E-state index in [1.54, 1.807) is 13.1 Å². The molecule has 1 rings (SSSR count). The van der Waals surface area contributed by atoms with Crippen LogP contribution in [0.3, 0.4) is 0 Å². The smallest absolute Gasteiger partial charge is 0.209 e. The third kappa shape index (κ3) is 2.58. The number of anilines is 1. The van der Waals surface area contributed by atoms with Crippen LogP contribution in [0.4, 0.5) is 10.1 Å². The van der Waals surface area contributed by atoms with E-state index in [4.69, 9.17) is 17.4 Å². The average Bonchev–Trinajstić information content (AvgIpc) is 2.19.